The minimum atomic E-state index is -0.00956. The Labute approximate surface area is 127 Å². The molecule has 0 bridgehead atoms. The molecule has 0 aliphatic carbocycles. The van der Waals surface area contributed by atoms with E-state index in [0.29, 0.717) is 18.2 Å². The zero-order valence-electron chi connectivity index (χ0n) is 13.4. The average molecular weight is 290 g/mol. The molecule has 0 saturated carbocycles. The van der Waals surface area contributed by atoms with Gasteiger partial charge in [-0.15, -0.1) is 0 Å². The minimum absolute atomic E-state index is 0.00956. The summed E-state index contributed by atoms with van der Waals surface area (Å²) in [5.74, 6) is -0.00956. The van der Waals surface area contributed by atoms with Crippen LogP contribution in [0.5, 0.6) is 0 Å². The Morgan fingerprint density at radius 3 is 2.81 bits per heavy atom. The fraction of sp³-hybridized carbons (Fsp3) is 0.562. The molecule has 0 radical (unpaired) electrons. The lowest BCUT2D eigenvalue weighted by molar-refractivity contribution is 0.0882. The van der Waals surface area contributed by atoms with Crippen molar-refractivity contribution < 1.29 is 4.79 Å². The van der Waals surface area contributed by atoms with Crippen molar-refractivity contribution in [1.29, 1.82) is 0 Å². The first-order valence-corrected chi connectivity index (χ1v) is 7.46. The van der Waals surface area contributed by atoms with Crippen molar-refractivity contribution in [2.75, 3.05) is 52.6 Å². The average Bonchev–Trinajstić information content (AvgIpc) is 2.47. The van der Waals surface area contributed by atoms with Crippen molar-refractivity contribution in [2.45, 2.75) is 13.0 Å². The van der Waals surface area contributed by atoms with Gasteiger partial charge in [0.1, 0.15) is 0 Å². The van der Waals surface area contributed by atoms with Gasteiger partial charge in [0.15, 0.2) is 0 Å². The molecule has 5 heteroatoms. The van der Waals surface area contributed by atoms with Crippen molar-refractivity contribution in [3.63, 3.8) is 0 Å². The lowest BCUT2D eigenvalue weighted by Crippen LogP contribution is -2.54. The van der Waals surface area contributed by atoms with E-state index in [1.54, 1.807) is 0 Å². The molecule has 0 spiro atoms. The number of carbonyl (C=O) groups excluding carboxylic acids is 1. The largest absolute Gasteiger partial charge is 0.387 e. The van der Waals surface area contributed by atoms with E-state index in [4.69, 9.17) is 0 Å². The second-order valence-electron chi connectivity index (χ2n) is 5.91. The van der Waals surface area contributed by atoms with Crippen LogP contribution in [0.25, 0.3) is 0 Å². The van der Waals surface area contributed by atoms with Crippen LogP contribution >= 0.6 is 0 Å². The summed E-state index contributed by atoms with van der Waals surface area (Å²) in [6.07, 6.45) is 0. The van der Waals surface area contributed by atoms with Gasteiger partial charge >= 0.3 is 0 Å². The quantitative estimate of drug-likeness (QED) is 0.869. The third-order valence-corrected chi connectivity index (χ3v) is 4.17. The Morgan fingerprint density at radius 1 is 1.33 bits per heavy atom. The number of hydrogen-bond donors (Lipinski definition) is 2. The summed E-state index contributed by atoms with van der Waals surface area (Å²) in [6.45, 7) is 5.80. The number of amides is 1. The van der Waals surface area contributed by atoms with Crippen LogP contribution in [0.2, 0.25) is 0 Å². The molecular weight excluding hydrogens is 264 g/mol. The molecule has 5 nitrogen and oxygen atoms in total. The molecule has 1 unspecified atom stereocenters. The van der Waals surface area contributed by atoms with E-state index in [1.165, 1.54) is 0 Å². The Bertz CT molecular complexity index is 503. The Balaban J connectivity index is 2.00. The molecule has 116 valence electrons. The number of likely N-dealkylation sites (N-methyl/N-ethyl adjacent to an activating group) is 2. The Hall–Kier alpha value is -1.59. The molecule has 1 aliphatic heterocycles. The fourth-order valence-corrected chi connectivity index (χ4v) is 2.69. The molecule has 21 heavy (non-hydrogen) atoms. The van der Waals surface area contributed by atoms with Crippen molar-refractivity contribution >= 4 is 11.6 Å². The van der Waals surface area contributed by atoms with Crippen LogP contribution in [0.3, 0.4) is 0 Å². The first-order valence-electron chi connectivity index (χ1n) is 7.46. The van der Waals surface area contributed by atoms with Gasteiger partial charge in [0.05, 0.1) is 5.56 Å². The SMILES string of the molecule is CNc1ccc(C)cc1C(=O)NCC1CN(C)CCN1C. The minimum Gasteiger partial charge on any atom is -0.387 e. The highest BCUT2D eigenvalue weighted by molar-refractivity contribution is 5.99. The molecule has 1 saturated heterocycles. The van der Waals surface area contributed by atoms with Gasteiger partial charge in [-0.3, -0.25) is 9.69 Å². The van der Waals surface area contributed by atoms with Gasteiger partial charge in [-0.2, -0.15) is 0 Å². The maximum Gasteiger partial charge on any atom is 0.253 e. The number of nitrogens with zero attached hydrogens (tertiary/aromatic N) is 2. The van der Waals surface area contributed by atoms with Crippen LogP contribution in [0, 0.1) is 6.92 Å². The van der Waals surface area contributed by atoms with Crippen molar-refractivity contribution in [3.05, 3.63) is 29.3 Å². The first-order chi connectivity index (χ1) is 10.0. The highest BCUT2D eigenvalue weighted by atomic mass is 16.1. The van der Waals surface area contributed by atoms with Crippen molar-refractivity contribution in [1.82, 2.24) is 15.1 Å². The highest BCUT2D eigenvalue weighted by Crippen LogP contribution is 2.16. The van der Waals surface area contributed by atoms with Gasteiger partial charge in [-0.25, -0.2) is 0 Å². The normalized spacial score (nSPS) is 20.3. The highest BCUT2D eigenvalue weighted by Gasteiger charge is 2.23. The molecule has 2 rings (SSSR count). The van der Waals surface area contributed by atoms with Gasteiger partial charge in [0.25, 0.3) is 5.91 Å². The summed E-state index contributed by atoms with van der Waals surface area (Å²) in [5.41, 5.74) is 2.67. The van der Waals surface area contributed by atoms with E-state index in [-0.39, 0.29) is 5.91 Å². The first kappa shape index (κ1) is 15.8. The van der Waals surface area contributed by atoms with Crippen LogP contribution < -0.4 is 10.6 Å². The Kier molecular flexibility index (Phi) is 5.20. The molecule has 1 amide bonds. The summed E-state index contributed by atoms with van der Waals surface area (Å²) < 4.78 is 0. The van der Waals surface area contributed by atoms with E-state index in [1.807, 2.05) is 32.2 Å². The number of benzene rings is 1. The molecular formula is C16H26N4O. The maximum absolute atomic E-state index is 12.4. The topological polar surface area (TPSA) is 47.6 Å². The summed E-state index contributed by atoms with van der Waals surface area (Å²) in [6, 6.07) is 6.25. The molecule has 1 aromatic rings. The lowest BCUT2D eigenvalue weighted by atomic mass is 10.1. The summed E-state index contributed by atoms with van der Waals surface area (Å²) in [7, 11) is 6.09. The van der Waals surface area contributed by atoms with Crippen LogP contribution in [0.4, 0.5) is 5.69 Å². The summed E-state index contributed by atoms with van der Waals surface area (Å²) >= 11 is 0. The van der Waals surface area contributed by atoms with Crippen molar-refractivity contribution in [3.8, 4) is 0 Å². The molecule has 1 fully saturated rings. The van der Waals surface area contributed by atoms with Gasteiger partial charge in [0, 0.05) is 45.0 Å². The summed E-state index contributed by atoms with van der Waals surface area (Å²) in [4.78, 5) is 17.0. The van der Waals surface area contributed by atoms with Crippen molar-refractivity contribution in [2.24, 2.45) is 0 Å². The van der Waals surface area contributed by atoms with Gasteiger partial charge < -0.3 is 15.5 Å². The van der Waals surface area contributed by atoms with Crippen LogP contribution in [0.1, 0.15) is 15.9 Å². The summed E-state index contributed by atoms with van der Waals surface area (Å²) in [5, 5.41) is 6.15. The molecule has 1 aromatic carbocycles. The number of nitrogens with one attached hydrogen (secondary N) is 2. The number of piperazine rings is 1. The van der Waals surface area contributed by atoms with Crippen LogP contribution in [-0.2, 0) is 0 Å². The van der Waals surface area contributed by atoms with E-state index in [2.05, 4.69) is 34.5 Å². The molecule has 1 aliphatic rings. The smallest absolute Gasteiger partial charge is 0.253 e. The molecule has 2 N–H and O–H groups in total. The van der Waals surface area contributed by atoms with E-state index >= 15 is 0 Å². The second-order valence-corrected chi connectivity index (χ2v) is 5.91. The zero-order valence-corrected chi connectivity index (χ0v) is 13.4. The third kappa shape index (κ3) is 3.95. The Morgan fingerprint density at radius 2 is 2.10 bits per heavy atom. The third-order valence-electron chi connectivity index (χ3n) is 4.17. The zero-order chi connectivity index (χ0) is 15.4. The number of hydrogen-bond acceptors (Lipinski definition) is 4. The lowest BCUT2D eigenvalue weighted by Gasteiger charge is -2.37. The number of aryl methyl sites for hydroxylation is 1. The van der Waals surface area contributed by atoms with Gasteiger partial charge in [0.2, 0.25) is 0 Å². The number of rotatable bonds is 4. The standard InChI is InChI=1S/C16H26N4O/c1-12-5-6-15(17-2)14(9-12)16(21)18-10-13-11-19(3)7-8-20(13)4/h5-6,9,13,17H,7-8,10-11H2,1-4H3,(H,18,21). The predicted octanol–water partition coefficient (Wildman–Crippen LogP) is 1.01. The second kappa shape index (κ2) is 6.91. The van der Waals surface area contributed by atoms with E-state index in [9.17, 15) is 4.79 Å². The molecule has 0 aromatic heterocycles. The number of anilines is 1. The van der Waals surface area contributed by atoms with Gasteiger partial charge in [-0.1, -0.05) is 11.6 Å². The van der Waals surface area contributed by atoms with E-state index < -0.39 is 0 Å². The predicted molar refractivity (Wildman–Crippen MR) is 87.0 cm³/mol. The van der Waals surface area contributed by atoms with Gasteiger partial charge in [-0.05, 0) is 33.2 Å². The van der Waals surface area contributed by atoms with E-state index in [0.717, 1.165) is 30.9 Å². The fourth-order valence-electron chi connectivity index (χ4n) is 2.69. The van der Waals surface area contributed by atoms with Crippen LogP contribution in [0.15, 0.2) is 18.2 Å². The van der Waals surface area contributed by atoms with Crippen LogP contribution in [-0.4, -0.2) is 69.1 Å². The maximum atomic E-state index is 12.4. The number of carbonyl (C=O) groups is 1. The molecule has 1 atom stereocenters. The monoisotopic (exact) mass is 290 g/mol. The molecule has 1 heterocycles.